The minimum Gasteiger partial charge on any atom is -0.424 e. The largest absolute Gasteiger partial charge is 0.438 e. The lowest BCUT2D eigenvalue weighted by Gasteiger charge is -2.50. The number of benzene rings is 1. The van der Waals surface area contributed by atoms with Gasteiger partial charge in [-0.2, -0.15) is 0 Å². The molecule has 170 valence electrons. The van der Waals surface area contributed by atoms with Gasteiger partial charge in [-0.15, -0.1) is 4.99 Å². The topological polar surface area (TPSA) is 123 Å². The minimum atomic E-state index is -0.981. The van der Waals surface area contributed by atoms with Crippen molar-refractivity contribution in [2.24, 2.45) is 22.4 Å². The molecule has 2 aliphatic rings. The Morgan fingerprint density at radius 2 is 2.00 bits per heavy atom. The third kappa shape index (κ3) is 5.71. The molecule has 2 heterocycles. The van der Waals surface area contributed by atoms with Gasteiger partial charge in [0.2, 0.25) is 5.91 Å². The fourth-order valence-electron chi connectivity index (χ4n) is 4.31. The van der Waals surface area contributed by atoms with Crippen LogP contribution in [0.5, 0.6) is 0 Å². The molecular formula is C21H30FN5O4. The van der Waals surface area contributed by atoms with Crippen LogP contribution in [0.2, 0.25) is 0 Å². The standard InChI is InChI=1S/C21H30FN5O4/c1-30-11-9-18(28)27-10-5-4-8-17(27)14-12-26(13-14)19(31-21(29)25-20(23)24)15-6-2-3-7-16(15)22/h2-3,6-7,14,17,19H,4-5,8-13H2,1H3,(H4,23,24,25,29). The van der Waals surface area contributed by atoms with Crippen molar-refractivity contribution in [3.05, 3.63) is 35.6 Å². The molecular weight excluding hydrogens is 405 g/mol. The van der Waals surface area contributed by atoms with E-state index >= 15 is 0 Å². The maximum Gasteiger partial charge on any atom is 0.438 e. The van der Waals surface area contributed by atoms with Crippen LogP contribution in [0.3, 0.4) is 0 Å². The second kappa shape index (κ2) is 10.5. The molecule has 0 radical (unpaired) electrons. The van der Waals surface area contributed by atoms with E-state index in [-0.39, 0.29) is 23.4 Å². The summed E-state index contributed by atoms with van der Waals surface area (Å²) in [5.74, 6) is -0.605. The van der Waals surface area contributed by atoms with Crippen molar-refractivity contribution in [1.29, 1.82) is 0 Å². The van der Waals surface area contributed by atoms with Crippen LogP contribution in [0.4, 0.5) is 9.18 Å². The Hall–Kier alpha value is -2.72. The summed E-state index contributed by atoms with van der Waals surface area (Å²) in [5, 5.41) is 0. The molecule has 2 fully saturated rings. The summed E-state index contributed by atoms with van der Waals surface area (Å²) in [6, 6.07) is 6.24. The number of rotatable bonds is 7. The fraction of sp³-hybridized carbons (Fsp3) is 0.571. The number of hydrogen-bond acceptors (Lipinski definition) is 5. The zero-order valence-corrected chi connectivity index (χ0v) is 17.7. The molecule has 0 saturated carbocycles. The smallest absolute Gasteiger partial charge is 0.424 e. The second-order valence-corrected chi connectivity index (χ2v) is 7.90. The summed E-state index contributed by atoms with van der Waals surface area (Å²) in [6.07, 6.45) is 1.40. The highest BCUT2D eigenvalue weighted by Gasteiger charge is 2.43. The van der Waals surface area contributed by atoms with Crippen molar-refractivity contribution in [3.63, 3.8) is 0 Å². The molecule has 0 spiro atoms. The summed E-state index contributed by atoms with van der Waals surface area (Å²) >= 11 is 0. The van der Waals surface area contributed by atoms with Crippen LogP contribution in [0, 0.1) is 11.7 Å². The molecule has 1 aromatic rings. The van der Waals surface area contributed by atoms with Gasteiger partial charge >= 0.3 is 6.09 Å². The Bertz CT molecular complexity index is 811. The Balaban J connectivity index is 1.70. The Morgan fingerprint density at radius 1 is 1.26 bits per heavy atom. The van der Waals surface area contributed by atoms with Crippen LogP contribution < -0.4 is 11.5 Å². The average molecular weight is 436 g/mol. The van der Waals surface area contributed by atoms with Gasteiger partial charge in [0.15, 0.2) is 12.2 Å². The molecule has 0 aromatic heterocycles. The van der Waals surface area contributed by atoms with Gasteiger partial charge in [-0.05, 0) is 25.3 Å². The van der Waals surface area contributed by atoms with Gasteiger partial charge in [0.05, 0.1) is 13.0 Å². The summed E-state index contributed by atoms with van der Waals surface area (Å²) in [6.45, 7) is 2.26. The van der Waals surface area contributed by atoms with Crippen molar-refractivity contribution in [2.45, 2.75) is 38.0 Å². The number of likely N-dealkylation sites (tertiary alicyclic amines) is 2. The maximum atomic E-state index is 14.4. The lowest BCUT2D eigenvalue weighted by molar-refractivity contribution is -0.143. The van der Waals surface area contributed by atoms with Gasteiger partial charge in [-0.25, -0.2) is 9.18 Å². The third-order valence-electron chi connectivity index (χ3n) is 5.81. The monoisotopic (exact) mass is 435 g/mol. The predicted molar refractivity (Wildman–Crippen MR) is 112 cm³/mol. The number of aliphatic imine (C=N–C) groups is 1. The summed E-state index contributed by atoms with van der Waals surface area (Å²) in [5.41, 5.74) is 10.7. The van der Waals surface area contributed by atoms with Crippen molar-refractivity contribution < 1.29 is 23.5 Å². The van der Waals surface area contributed by atoms with Gasteiger partial charge in [0.25, 0.3) is 0 Å². The quantitative estimate of drug-likeness (QED) is 0.492. The number of methoxy groups -OCH3 is 1. The first-order chi connectivity index (χ1) is 14.9. The van der Waals surface area contributed by atoms with E-state index in [1.54, 1.807) is 25.3 Å². The number of hydrogen-bond donors (Lipinski definition) is 2. The second-order valence-electron chi connectivity index (χ2n) is 7.90. The van der Waals surface area contributed by atoms with Gasteiger partial charge in [-0.1, -0.05) is 18.2 Å². The molecule has 2 aliphatic heterocycles. The number of piperidine rings is 1. The van der Waals surface area contributed by atoms with Crippen molar-refractivity contribution in [3.8, 4) is 0 Å². The lowest BCUT2D eigenvalue weighted by atomic mass is 9.84. The van der Waals surface area contributed by atoms with Crippen LogP contribution in [-0.2, 0) is 14.3 Å². The highest BCUT2D eigenvalue weighted by atomic mass is 19.1. The molecule has 2 unspecified atom stereocenters. The highest BCUT2D eigenvalue weighted by Crippen LogP contribution is 2.36. The van der Waals surface area contributed by atoms with E-state index in [2.05, 4.69) is 4.99 Å². The number of guanidine groups is 1. The van der Waals surface area contributed by atoms with Gasteiger partial charge in [-0.3, -0.25) is 9.69 Å². The molecule has 1 aromatic carbocycles. The molecule has 3 rings (SSSR count). The summed E-state index contributed by atoms with van der Waals surface area (Å²) in [7, 11) is 1.58. The number of ether oxygens (including phenoxy) is 2. The van der Waals surface area contributed by atoms with E-state index in [1.807, 2.05) is 9.80 Å². The Kier molecular flexibility index (Phi) is 7.80. The first kappa shape index (κ1) is 23.0. The molecule has 10 heteroatoms. The maximum absolute atomic E-state index is 14.4. The first-order valence-electron chi connectivity index (χ1n) is 10.5. The van der Waals surface area contributed by atoms with Gasteiger partial charge in [0, 0.05) is 44.3 Å². The summed E-state index contributed by atoms with van der Waals surface area (Å²) in [4.78, 5) is 31.8. The number of carbonyl (C=O) groups excluding carboxylic acids is 2. The molecule has 0 aliphatic carbocycles. The molecule has 2 saturated heterocycles. The number of amides is 2. The van der Waals surface area contributed by atoms with Crippen LogP contribution in [0.15, 0.2) is 29.3 Å². The number of carbonyl (C=O) groups is 2. The van der Waals surface area contributed by atoms with Gasteiger partial charge in [0.1, 0.15) is 5.82 Å². The van der Waals surface area contributed by atoms with E-state index in [1.165, 1.54) is 6.07 Å². The molecule has 0 bridgehead atoms. The number of halogens is 1. The van der Waals surface area contributed by atoms with Crippen LogP contribution in [0.25, 0.3) is 0 Å². The zero-order valence-electron chi connectivity index (χ0n) is 17.7. The van der Waals surface area contributed by atoms with E-state index in [0.29, 0.717) is 26.1 Å². The lowest BCUT2D eigenvalue weighted by Crippen LogP contribution is -2.60. The average Bonchev–Trinajstić information content (AvgIpc) is 2.70. The minimum absolute atomic E-state index is 0.0924. The zero-order chi connectivity index (χ0) is 22.4. The highest BCUT2D eigenvalue weighted by molar-refractivity contribution is 5.88. The van der Waals surface area contributed by atoms with Crippen molar-refractivity contribution >= 4 is 18.0 Å². The van der Waals surface area contributed by atoms with Crippen molar-refractivity contribution in [2.75, 3.05) is 33.4 Å². The molecule has 2 atom stereocenters. The number of nitrogens with zero attached hydrogens (tertiary/aromatic N) is 3. The van der Waals surface area contributed by atoms with E-state index in [4.69, 9.17) is 20.9 Å². The molecule has 9 nitrogen and oxygen atoms in total. The van der Waals surface area contributed by atoms with Crippen LogP contribution in [0.1, 0.15) is 37.5 Å². The third-order valence-corrected chi connectivity index (χ3v) is 5.81. The van der Waals surface area contributed by atoms with E-state index in [9.17, 15) is 14.0 Å². The summed E-state index contributed by atoms with van der Waals surface area (Å²) < 4.78 is 24.9. The fourth-order valence-corrected chi connectivity index (χ4v) is 4.31. The van der Waals surface area contributed by atoms with Crippen LogP contribution in [-0.4, -0.2) is 67.2 Å². The van der Waals surface area contributed by atoms with Crippen LogP contribution >= 0.6 is 0 Å². The SMILES string of the molecule is COCCC(=O)N1CCCCC1C1CN(C(OC(=O)N=C(N)N)c2ccccc2F)C1. The first-order valence-corrected chi connectivity index (χ1v) is 10.5. The van der Waals surface area contributed by atoms with Crippen molar-refractivity contribution in [1.82, 2.24) is 9.80 Å². The Morgan fingerprint density at radius 3 is 2.68 bits per heavy atom. The predicted octanol–water partition coefficient (Wildman–Crippen LogP) is 1.58. The van der Waals surface area contributed by atoms with E-state index in [0.717, 1.165) is 25.8 Å². The Labute approximate surface area is 181 Å². The molecule has 31 heavy (non-hydrogen) atoms. The normalized spacial score (nSPS) is 20.6. The van der Waals surface area contributed by atoms with Gasteiger partial charge < -0.3 is 25.8 Å². The number of nitrogens with two attached hydrogens (primary N) is 2. The molecule has 4 N–H and O–H groups in total. The van der Waals surface area contributed by atoms with E-state index < -0.39 is 24.1 Å². The molecule has 2 amide bonds.